The molecule has 0 saturated heterocycles. The Kier molecular flexibility index (Phi) is 2.29. The highest BCUT2D eigenvalue weighted by Gasteiger charge is 2.15. The lowest BCUT2D eigenvalue weighted by molar-refractivity contribution is 0.690. The van der Waals surface area contributed by atoms with Crippen LogP contribution in [0.15, 0.2) is 45.2 Å². The van der Waals surface area contributed by atoms with Crippen molar-refractivity contribution in [1.29, 1.82) is 0 Å². The number of halogens is 1. The monoisotopic (exact) mass is 211 g/mol. The summed E-state index contributed by atoms with van der Waals surface area (Å²) >= 11 is 5.84. The van der Waals surface area contributed by atoms with E-state index in [1.165, 1.54) is 5.41 Å². The molecule has 1 unspecified atom stereocenters. The fraction of sp³-hybridized carbons (Fsp3) is 0. The molecule has 0 bridgehead atoms. The summed E-state index contributed by atoms with van der Waals surface area (Å²) in [6.45, 7) is 0. The van der Waals surface area contributed by atoms with E-state index in [2.05, 4.69) is 4.40 Å². The van der Waals surface area contributed by atoms with Gasteiger partial charge in [-0.2, -0.15) is 4.40 Å². The molecule has 1 aromatic rings. The Balaban J connectivity index is 2.45. The fourth-order valence-corrected chi connectivity index (χ4v) is 2.25. The molecule has 0 fully saturated rings. The summed E-state index contributed by atoms with van der Waals surface area (Å²) in [5, 5.41) is 1.90. The van der Waals surface area contributed by atoms with Crippen molar-refractivity contribution < 1.29 is 4.21 Å². The van der Waals surface area contributed by atoms with Gasteiger partial charge in [0.2, 0.25) is 0 Å². The average molecular weight is 212 g/mol. The first-order chi connectivity index (χ1) is 6.27. The van der Waals surface area contributed by atoms with Crippen molar-refractivity contribution in [3.05, 3.63) is 46.3 Å². The van der Waals surface area contributed by atoms with Gasteiger partial charge in [0.25, 0.3) is 0 Å². The van der Waals surface area contributed by atoms with Crippen molar-refractivity contribution in [1.82, 2.24) is 0 Å². The molecule has 0 saturated carbocycles. The zero-order chi connectivity index (χ0) is 9.26. The van der Waals surface area contributed by atoms with Crippen LogP contribution in [0.25, 0.3) is 0 Å². The number of hydrogen-bond acceptors (Lipinski definition) is 1. The first-order valence-electron chi connectivity index (χ1n) is 3.70. The van der Waals surface area contributed by atoms with E-state index in [4.69, 9.17) is 11.6 Å². The van der Waals surface area contributed by atoms with E-state index in [1.54, 1.807) is 0 Å². The highest BCUT2D eigenvalue weighted by atomic mass is 35.5. The predicted molar refractivity (Wildman–Crippen MR) is 55.1 cm³/mol. The molecule has 4 heteroatoms. The van der Waals surface area contributed by atoms with Crippen molar-refractivity contribution in [3.63, 3.8) is 0 Å². The molecule has 2 rings (SSSR count). The maximum absolute atomic E-state index is 11.0. The standard InChI is InChI=1S/C9H6ClNOS/c10-8-6-13(12)11-9(8)7-4-2-1-3-5-7/h1-6H. The lowest BCUT2D eigenvalue weighted by Gasteiger charge is -1.97. The summed E-state index contributed by atoms with van der Waals surface area (Å²) in [5.74, 6) is 0. The third-order valence-corrected chi connectivity index (χ3v) is 2.88. The predicted octanol–water partition coefficient (Wildman–Crippen LogP) is 2.23. The molecule has 66 valence electrons. The van der Waals surface area contributed by atoms with E-state index in [0.29, 0.717) is 10.7 Å². The van der Waals surface area contributed by atoms with E-state index in [9.17, 15) is 4.21 Å². The van der Waals surface area contributed by atoms with Crippen LogP contribution in [0.4, 0.5) is 0 Å². The molecule has 0 aromatic heterocycles. The lowest BCUT2D eigenvalue weighted by Crippen LogP contribution is -1.96. The van der Waals surface area contributed by atoms with Crippen LogP contribution in [-0.4, -0.2) is 9.92 Å². The van der Waals surface area contributed by atoms with Gasteiger partial charge in [-0.25, -0.2) is 4.21 Å². The topological polar surface area (TPSA) is 29.4 Å². The average Bonchev–Trinajstić information content (AvgIpc) is 2.47. The second-order valence-corrected chi connectivity index (χ2v) is 3.93. The maximum atomic E-state index is 11.0. The second kappa shape index (κ2) is 3.44. The van der Waals surface area contributed by atoms with Crippen LogP contribution in [0.5, 0.6) is 0 Å². The molecule has 1 aromatic carbocycles. The number of nitrogens with zero attached hydrogens (tertiary/aromatic N) is 1. The lowest BCUT2D eigenvalue weighted by atomic mass is 10.1. The van der Waals surface area contributed by atoms with Gasteiger partial charge in [-0.1, -0.05) is 41.9 Å². The van der Waals surface area contributed by atoms with Gasteiger partial charge in [0.05, 0.1) is 5.03 Å². The Morgan fingerprint density at radius 3 is 2.46 bits per heavy atom. The SMILES string of the molecule is O=S1C=C(Cl)C(c2ccccc2)=N1. The van der Waals surface area contributed by atoms with Gasteiger partial charge in [0.15, 0.2) is 11.0 Å². The highest BCUT2D eigenvalue weighted by Crippen LogP contribution is 2.20. The Labute approximate surface area is 83.5 Å². The van der Waals surface area contributed by atoms with Crippen LogP contribution in [0, 0.1) is 0 Å². The minimum Gasteiger partial charge on any atom is -0.230 e. The molecule has 1 atom stereocenters. The van der Waals surface area contributed by atoms with Crippen molar-refractivity contribution >= 4 is 28.3 Å². The van der Waals surface area contributed by atoms with Crippen molar-refractivity contribution in [2.24, 2.45) is 4.40 Å². The largest absolute Gasteiger partial charge is 0.230 e. The minimum atomic E-state index is -1.29. The summed E-state index contributed by atoms with van der Waals surface area (Å²) < 4.78 is 14.9. The minimum absolute atomic E-state index is 0.463. The van der Waals surface area contributed by atoms with Crippen LogP contribution in [0.1, 0.15) is 5.56 Å². The molecule has 0 spiro atoms. The van der Waals surface area contributed by atoms with Gasteiger partial charge in [0.1, 0.15) is 5.71 Å². The summed E-state index contributed by atoms with van der Waals surface area (Å²) in [7, 11) is -1.29. The Morgan fingerprint density at radius 1 is 1.23 bits per heavy atom. The summed E-state index contributed by atoms with van der Waals surface area (Å²) in [4.78, 5) is 0. The molecule has 13 heavy (non-hydrogen) atoms. The highest BCUT2D eigenvalue weighted by molar-refractivity contribution is 7.87. The van der Waals surface area contributed by atoms with Gasteiger partial charge in [-0.05, 0) is 0 Å². The Morgan fingerprint density at radius 2 is 1.92 bits per heavy atom. The molecule has 1 aliphatic rings. The van der Waals surface area contributed by atoms with E-state index in [-0.39, 0.29) is 0 Å². The van der Waals surface area contributed by atoms with Crippen molar-refractivity contribution in [2.75, 3.05) is 0 Å². The van der Waals surface area contributed by atoms with E-state index in [1.807, 2.05) is 30.3 Å². The summed E-state index contributed by atoms with van der Waals surface area (Å²) in [5.41, 5.74) is 1.51. The summed E-state index contributed by atoms with van der Waals surface area (Å²) in [6.07, 6.45) is 0. The third-order valence-electron chi connectivity index (χ3n) is 1.66. The molecule has 1 aliphatic heterocycles. The van der Waals surface area contributed by atoms with Crippen molar-refractivity contribution in [3.8, 4) is 0 Å². The maximum Gasteiger partial charge on any atom is 0.167 e. The number of allylic oxidation sites excluding steroid dienone is 1. The zero-order valence-corrected chi connectivity index (χ0v) is 8.18. The van der Waals surface area contributed by atoms with Crippen LogP contribution in [-0.2, 0) is 11.0 Å². The molecule has 0 radical (unpaired) electrons. The number of hydrogen-bond donors (Lipinski definition) is 0. The van der Waals surface area contributed by atoms with Crippen molar-refractivity contribution in [2.45, 2.75) is 0 Å². The van der Waals surface area contributed by atoms with E-state index in [0.717, 1.165) is 5.56 Å². The number of benzene rings is 1. The molecular formula is C9H6ClNOS. The normalized spacial score (nSPS) is 21.2. The molecular weight excluding hydrogens is 206 g/mol. The Hall–Kier alpha value is -0.930. The molecule has 0 N–H and O–H groups in total. The van der Waals surface area contributed by atoms with Crippen LogP contribution in [0.3, 0.4) is 0 Å². The van der Waals surface area contributed by atoms with E-state index >= 15 is 0 Å². The molecule has 2 nitrogen and oxygen atoms in total. The van der Waals surface area contributed by atoms with Gasteiger partial charge in [-0.3, -0.25) is 0 Å². The number of rotatable bonds is 1. The van der Waals surface area contributed by atoms with E-state index < -0.39 is 11.0 Å². The molecule has 0 amide bonds. The van der Waals surface area contributed by atoms with Gasteiger partial charge < -0.3 is 0 Å². The zero-order valence-electron chi connectivity index (χ0n) is 6.61. The van der Waals surface area contributed by atoms with Crippen LogP contribution in [0.2, 0.25) is 0 Å². The van der Waals surface area contributed by atoms with Crippen LogP contribution < -0.4 is 0 Å². The van der Waals surface area contributed by atoms with Crippen LogP contribution >= 0.6 is 11.6 Å². The molecule has 0 aliphatic carbocycles. The van der Waals surface area contributed by atoms with Gasteiger partial charge in [-0.15, -0.1) is 0 Å². The quantitative estimate of drug-likeness (QED) is 0.701. The van der Waals surface area contributed by atoms with Gasteiger partial charge in [0, 0.05) is 11.0 Å². The smallest absolute Gasteiger partial charge is 0.167 e. The Bertz CT molecular complexity index is 411. The fourth-order valence-electron chi connectivity index (χ4n) is 1.09. The summed E-state index contributed by atoms with van der Waals surface area (Å²) in [6, 6.07) is 9.47. The molecule has 1 heterocycles. The second-order valence-electron chi connectivity index (χ2n) is 2.55. The van der Waals surface area contributed by atoms with Gasteiger partial charge >= 0.3 is 0 Å². The first-order valence-corrected chi connectivity index (χ1v) is 5.24. The first kappa shape index (κ1) is 8.66. The third kappa shape index (κ3) is 1.71.